The summed E-state index contributed by atoms with van der Waals surface area (Å²) in [6.07, 6.45) is 1.83. The molecule has 5 heteroatoms. The molecule has 0 saturated heterocycles. The minimum atomic E-state index is -0.292. The summed E-state index contributed by atoms with van der Waals surface area (Å²) in [5, 5.41) is 4.33. The Labute approximate surface area is 109 Å². The van der Waals surface area contributed by atoms with Crippen molar-refractivity contribution in [2.75, 3.05) is 0 Å². The van der Waals surface area contributed by atoms with E-state index < -0.39 is 0 Å². The summed E-state index contributed by atoms with van der Waals surface area (Å²) < 4.78 is 20.3. The van der Waals surface area contributed by atoms with Gasteiger partial charge in [-0.2, -0.15) is 5.10 Å². The van der Waals surface area contributed by atoms with Crippen molar-refractivity contribution in [2.45, 2.75) is 13.8 Å². The molecule has 0 N–H and O–H groups in total. The van der Waals surface area contributed by atoms with Crippen LogP contribution in [0.1, 0.15) is 11.4 Å². The fraction of sp³-hybridized carbons (Fsp3) is 0.143. The number of nitrogens with zero attached hydrogens (tertiary/aromatic N) is 3. The summed E-state index contributed by atoms with van der Waals surface area (Å²) in [5.41, 5.74) is 2.33. The summed E-state index contributed by atoms with van der Waals surface area (Å²) in [6, 6.07) is 7.69. The third kappa shape index (κ3) is 2.27. The van der Waals surface area contributed by atoms with Crippen LogP contribution in [0.5, 0.6) is 11.5 Å². The molecule has 96 valence electrons. The monoisotopic (exact) mass is 257 g/mol. The molecular weight excluding hydrogens is 245 g/mol. The third-order valence-corrected chi connectivity index (χ3v) is 2.68. The van der Waals surface area contributed by atoms with Crippen LogP contribution in [0.3, 0.4) is 0 Å². The van der Waals surface area contributed by atoms with E-state index in [1.165, 1.54) is 12.1 Å². The second kappa shape index (κ2) is 4.35. The molecule has 4 nitrogen and oxygen atoms in total. The van der Waals surface area contributed by atoms with Gasteiger partial charge in [-0.15, -0.1) is 0 Å². The summed E-state index contributed by atoms with van der Waals surface area (Å²) in [6.45, 7) is 3.78. The van der Waals surface area contributed by atoms with E-state index in [0.29, 0.717) is 17.1 Å². The first-order valence-electron chi connectivity index (χ1n) is 5.89. The molecule has 0 aliphatic heterocycles. The van der Waals surface area contributed by atoms with Crippen LogP contribution in [-0.2, 0) is 0 Å². The maximum absolute atomic E-state index is 12.9. The van der Waals surface area contributed by atoms with E-state index in [1.54, 1.807) is 16.6 Å². The van der Waals surface area contributed by atoms with Crippen molar-refractivity contribution in [2.24, 2.45) is 0 Å². The van der Waals surface area contributed by atoms with Crippen molar-refractivity contribution in [3.63, 3.8) is 0 Å². The Hall–Kier alpha value is -2.43. The van der Waals surface area contributed by atoms with Gasteiger partial charge < -0.3 is 4.74 Å². The summed E-state index contributed by atoms with van der Waals surface area (Å²) >= 11 is 0. The van der Waals surface area contributed by atoms with Gasteiger partial charge >= 0.3 is 0 Å². The highest BCUT2D eigenvalue weighted by molar-refractivity contribution is 5.55. The van der Waals surface area contributed by atoms with Crippen molar-refractivity contribution in [3.05, 3.63) is 53.7 Å². The molecule has 2 aromatic heterocycles. The molecule has 3 rings (SSSR count). The van der Waals surface area contributed by atoms with Gasteiger partial charge in [-0.3, -0.25) is 0 Å². The van der Waals surface area contributed by atoms with Gasteiger partial charge in [0.05, 0.1) is 17.6 Å². The van der Waals surface area contributed by atoms with Gasteiger partial charge in [0.1, 0.15) is 11.6 Å². The molecule has 0 spiro atoms. The van der Waals surface area contributed by atoms with Crippen LogP contribution in [0.25, 0.3) is 5.65 Å². The third-order valence-electron chi connectivity index (χ3n) is 2.68. The first kappa shape index (κ1) is 11.6. The van der Waals surface area contributed by atoms with Gasteiger partial charge in [0.2, 0.25) is 0 Å². The summed E-state index contributed by atoms with van der Waals surface area (Å²) in [4.78, 5) is 4.37. The predicted molar refractivity (Wildman–Crippen MR) is 68.9 cm³/mol. The zero-order chi connectivity index (χ0) is 13.4. The number of hydrogen-bond donors (Lipinski definition) is 0. The predicted octanol–water partition coefficient (Wildman–Crippen LogP) is 3.28. The lowest BCUT2D eigenvalue weighted by Crippen LogP contribution is -1.96. The van der Waals surface area contributed by atoms with Crippen LogP contribution in [0, 0.1) is 19.7 Å². The van der Waals surface area contributed by atoms with E-state index in [1.807, 2.05) is 26.1 Å². The lowest BCUT2D eigenvalue weighted by molar-refractivity contribution is 0.480. The second-order valence-corrected chi connectivity index (χ2v) is 4.36. The smallest absolute Gasteiger partial charge is 0.197 e. The lowest BCUT2D eigenvalue weighted by Gasteiger charge is -2.07. The molecule has 0 amide bonds. The van der Waals surface area contributed by atoms with Crippen LogP contribution < -0.4 is 4.74 Å². The van der Waals surface area contributed by atoms with E-state index in [0.717, 1.165) is 11.4 Å². The minimum Gasteiger partial charge on any atom is -0.453 e. The first-order valence-corrected chi connectivity index (χ1v) is 5.89. The fourth-order valence-electron chi connectivity index (χ4n) is 1.89. The summed E-state index contributed by atoms with van der Waals surface area (Å²) in [5.74, 6) is 0.877. The molecule has 0 radical (unpaired) electrons. The molecule has 0 aliphatic carbocycles. The number of hydrogen-bond acceptors (Lipinski definition) is 3. The van der Waals surface area contributed by atoms with E-state index in [-0.39, 0.29) is 5.82 Å². The topological polar surface area (TPSA) is 39.4 Å². The van der Waals surface area contributed by atoms with Crippen LogP contribution in [0.2, 0.25) is 0 Å². The number of aromatic nitrogens is 3. The zero-order valence-corrected chi connectivity index (χ0v) is 10.6. The highest BCUT2D eigenvalue weighted by atomic mass is 19.1. The lowest BCUT2D eigenvalue weighted by atomic mass is 10.3. The largest absolute Gasteiger partial charge is 0.453 e. The van der Waals surface area contributed by atoms with Gasteiger partial charge in [-0.1, -0.05) is 0 Å². The minimum absolute atomic E-state index is 0.292. The Morgan fingerprint density at radius 3 is 2.58 bits per heavy atom. The highest BCUT2D eigenvalue weighted by Crippen LogP contribution is 2.26. The van der Waals surface area contributed by atoms with Gasteiger partial charge in [-0.25, -0.2) is 13.9 Å². The molecule has 1 aromatic carbocycles. The standard InChI is InChI=1S/C14H12FN3O/c1-9-7-13(14-16-10(2)8-18(14)17-9)19-12-5-3-11(15)4-6-12/h3-8H,1-2H3. The van der Waals surface area contributed by atoms with Crippen molar-refractivity contribution in [1.82, 2.24) is 14.6 Å². The second-order valence-electron chi connectivity index (χ2n) is 4.36. The number of ether oxygens (including phenoxy) is 1. The van der Waals surface area contributed by atoms with Crippen LogP contribution >= 0.6 is 0 Å². The number of rotatable bonds is 2. The first-order chi connectivity index (χ1) is 9.11. The molecule has 0 aliphatic rings. The highest BCUT2D eigenvalue weighted by Gasteiger charge is 2.09. The molecule has 0 unspecified atom stereocenters. The van der Waals surface area contributed by atoms with Gasteiger partial charge in [-0.05, 0) is 38.1 Å². The molecular formula is C14H12FN3O. The Morgan fingerprint density at radius 2 is 1.84 bits per heavy atom. The van der Waals surface area contributed by atoms with Crippen LogP contribution in [-0.4, -0.2) is 14.6 Å². The van der Waals surface area contributed by atoms with Crippen molar-refractivity contribution < 1.29 is 9.13 Å². The number of halogens is 1. The Morgan fingerprint density at radius 1 is 1.11 bits per heavy atom. The Kier molecular flexibility index (Phi) is 2.67. The number of imidazole rings is 1. The maximum atomic E-state index is 12.9. The van der Waals surface area contributed by atoms with E-state index >= 15 is 0 Å². The normalized spacial score (nSPS) is 10.9. The van der Waals surface area contributed by atoms with E-state index in [9.17, 15) is 4.39 Å². The Bertz CT molecular complexity index is 734. The fourth-order valence-corrected chi connectivity index (χ4v) is 1.89. The van der Waals surface area contributed by atoms with Crippen LogP contribution in [0.15, 0.2) is 36.5 Å². The van der Waals surface area contributed by atoms with Crippen LogP contribution in [0.4, 0.5) is 4.39 Å². The molecule has 0 atom stereocenters. The quantitative estimate of drug-likeness (QED) is 0.707. The van der Waals surface area contributed by atoms with E-state index in [4.69, 9.17) is 4.74 Å². The molecule has 3 aromatic rings. The number of benzene rings is 1. The molecule has 0 saturated carbocycles. The molecule has 2 heterocycles. The van der Waals surface area contributed by atoms with Crippen molar-refractivity contribution in [1.29, 1.82) is 0 Å². The van der Waals surface area contributed by atoms with Crippen molar-refractivity contribution in [3.8, 4) is 11.5 Å². The average molecular weight is 257 g/mol. The van der Waals surface area contributed by atoms with Gasteiger partial charge in [0.25, 0.3) is 0 Å². The molecule has 19 heavy (non-hydrogen) atoms. The zero-order valence-electron chi connectivity index (χ0n) is 10.6. The van der Waals surface area contributed by atoms with Gasteiger partial charge in [0, 0.05) is 6.07 Å². The van der Waals surface area contributed by atoms with Crippen molar-refractivity contribution >= 4 is 5.65 Å². The number of fused-ring (bicyclic) bond motifs is 1. The number of aryl methyl sites for hydroxylation is 2. The Balaban J connectivity index is 2.06. The average Bonchev–Trinajstić information content (AvgIpc) is 2.72. The maximum Gasteiger partial charge on any atom is 0.197 e. The molecule has 0 bridgehead atoms. The summed E-state index contributed by atoms with van der Waals surface area (Å²) in [7, 11) is 0. The SMILES string of the molecule is Cc1cn2nc(C)cc(Oc3ccc(F)cc3)c2n1. The molecule has 0 fully saturated rings. The van der Waals surface area contributed by atoms with E-state index in [2.05, 4.69) is 10.1 Å². The van der Waals surface area contributed by atoms with Gasteiger partial charge in [0.15, 0.2) is 11.4 Å².